The van der Waals surface area contributed by atoms with Gasteiger partial charge in [-0.25, -0.2) is 0 Å². The fraction of sp³-hybridized carbons (Fsp3) is 0.525. The van der Waals surface area contributed by atoms with Crippen LogP contribution in [0.2, 0.25) is 0 Å². The van der Waals surface area contributed by atoms with E-state index in [1.165, 1.54) is 50.9 Å². The van der Waals surface area contributed by atoms with Crippen molar-refractivity contribution in [1.82, 2.24) is 5.32 Å². The summed E-state index contributed by atoms with van der Waals surface area (Å²) in [4.78, 5) is 11.6. The van der Waals surface area contributed by atoms with E-state index in [1.807, 2.05) is 42.5 Å². The first-order chi connectivity index (χ1) is 24.3. The Balaban J connectivity index is 0.853. The number of fused-ring (bicyclic) bond motifs is 4. The first-order valence-electron chi connectivity index (χ1n) is 18.4. The number of hydrogen-bond acceptors (Lipinski definition) is 8. The second-order valence-electron chi connectivity index (χ2n) is 14.9. The van der Waals surface area contributed by atoms with Gasteiger partial charge < -0.3 is 44.6 Å². The Bertz CT molecular complexity index is 1590. The highest BCUT2D eigenvalue weighted by atomic mass is 16.5. The fourth-order valence-corrected chi connectivity index (χ4v) is 8.74. The van der Waals surface area contributed by atoms with Crippen LogP contribution < -0.4 is 20.1 Å². The zero-order valence-electron chi connectivity index (χ0n) is 28.9. The topological polar surface area (TPSA) is 130 Å². The summed E-state index contributed by atoms with van der Waals surface area (Å²) in [7, 11) is 0. The average molecular weight is 687 g/mol. The van der Waals surface area contributed by atoms with Crippen molar-refractivity contribution in [1.29, 1.82) is 0 Å². The number of piperidine rings is 3. The van der Waals surface area contributed by atoms with Crippen molar-refractivity contribution < 1.29 is 38.8 Å². The van der Waals surface area contributed by atoms with Crippen molar-refractivity contribution in [3.63, 3.8) is 0 Å². The summed E-state index contributed by atoms with van der Waals surface area (Å²) in [6.45, 7) is 6.19. The number of aliphatic hydroxyl groups is 2. The Kier molecular flexibility index (Phi) is 10.6. The molecule has 10 heteroatoms. The van der Waals surface area contributed by atoms with Crippen LogP contribution in [0.15, 0.2) is 66.7 Å². The number of phenolic OH excluding ortho intramolecular Hbond substituents is 1. The quantitative estimate of drug-likeness (QED) is 0.111. The van der Waals surface area contributed by atoms with Crippen molar-refractivity contribution in [2.24, 2.45) is 11.8 Å². The van der Waals surface area contributed by atoms with Crippen LogP contribution in [-0.2, 0) is 21.7 Å². The number of amides is 1. The minimum atomic E-state index is -0.929. The molecular weight excluding hydrogens is 634 g/mol. The molecule has 0 aromatic heterocycles. The molecule has 268 valence electrons. The van der Waals surface area contributed by atoms with Crippen LogP contribution in [0.1, 0.15) is 67.7 Å². The standard InChI is InChI=1S/C40H51N3O7/c44-32-21-34(39-35(22-32)42-38(46)26-49-39)36(45)24-41-23-28-11-13-33(14-12-28)48-20-6-17-43-18-15-29(16-19-43)37(25-43)50-27-40(47,31-9-4-5-10-31)30-7-2-1-3-8-30/h1-3,7-8,11-14,21-22,29,31,36-37,41,45,47H,4-6,9-10,15-20,23-27H2,(H-,42,44,46)/p+1/t29?,36-,37-,40?,43?/m0/s1. The highest BCUT2D eigenvalue weighted by Gasteiger charge is 2.48. The van der Waals surface area contributed by atoms with E-state index in [0.717, 1.165) is 53.7 Å². The van der Waals surface area contributed by atoms with Crippen LogP contribution in [0.3, 0.4) is 0 Å². The smallest absolute Gasteiger partial charge is 0.262 e. The van der Waals surface area contributed by atoms with Crippen LogP contribution in [0.5, 0.6) is 17.2 Å². The zero-order valence-corrected chi connectivity index (χ0v) is 28.9. The minimum absolute atomic E-state index is 0.0513. The molecule has 4 fully saturated rings. The van der Waals surface area contributed by atoms with E-state index in [4.69, 9.17) is 14.2 Å². The van der Waals surface area contributed by atoms with Crippen molar-refractivity contribution in [3.8, 4) is 17.2 Å². The Hall–Kier alpha value is -3.67. The lowest BCUT2D eigenvalue weighted by molar-refractivity contribution is -0.946. The van der Waals surface area contributed by atoms with E-state index in [2.05, 4.69) is 22.8 Å². The first-order valence-corrected chi connectivity index (χ1v) is 18.4. The van der Waals surface area contributed by atoms with Crippen molar-refractivity contribution in [2.75, 3.05) is 57.9 Å². The number of quaternary nitrogens is 1. The number of aliphatic hydroxyl groups excluding tert-OH is 1. The monoisotopic (exact) mass is 686 g/mol. The van der Waals surface area contributed by atoms with Gasteiger partial charge in [0.1, 0.15) is 35.5 Å². The van der Waals surface area contributed by atoms with E-state index in [1.54, 1.807) is 0 Å². The molecular formula is C40H52N3O7+. The summed E-state index contributed by atoms with van der Waals surface area (Å²) >= 11 is 0. The van der Waals surface area contributed by atoms with Gasteiger partial charge in [-0.3, -0.25) is 4.79 Å². The largest absolute Gasteiger partial charge is 0.508 e. The van der Waals surface area contributed by atoms with Gasteiger partial charge in [-0.05, 0) is 48.1 Å². The van der Waals surface area contributed by atoms with Gasteiger partial charge in [0.15, 0.2) is 6.61 Å². The normalized spacial score (nSPS) is 25.0. The SMILES string of the molecule is O=C1COc2c(cc(O)cc2[C@@H](O)CNCc2ccc(OCCC[N+]34CCC(CC3)[C@@H](OCC(O)(c3ccccc3)C3CCCC3)C4)cc2)N1. The third-order valence-corrected chi connectivity index (χ3v) is 11.6. The highest BCUT2D eigenvalue weighted by Crippen LogP contribution is 2.43. The summed E-state index contributed by atoms with van der Waals surface area (Å²) in [6, 6.07) is 21.1. The van der Waals surface area contributed by atoms with Crippen molar-refractivity contribution in [3.05, 3.63) is 83.4 Å². The maximum atomic E-state index is 12.0. The van der Waals surface area contributed by atoms with E-state index in [-0.39, 0.29) is 36.8 Å². The predicted molar refractivity (Wildman–Crippen MR) is 190 cm³/mol. The summed E-state index contributed by atoms with van der Waals surface area (Å²) in [5, 5.41) is 38.8. The minimum Gasteiger partial charge on any atom is -0.508 e. The molecule has 0 radical (unpaired) electrons. The van der Waals surface area contributed by atoms with Crippen LogP contribution in [-0.4, -0.2) is 84.4 Å². The lowest BCUT2D eigenvalue weighted by Crippen LogP contribution is -2.65. The van der Waals surface area contributed by atoms with Gasteiger partial charge in [0.05, 0.1) is 44.6 Å². The molecule has 1 unspecified atom stereocenters. The number of carbonyl (C=O) groups excluding carboxylic acids is 1. The number of aromatic hydroxyl groups is 1. The van der Waals surface area contributed by atoms with Gasteiger partial charge in [0.25, 0.3) is 5.91 Å². The Morgan fingerprint density at radius 3 is 2.54 bits per heavy atom. The molecule has 8 rings (SSSR count). The Morgan fingerprint density at radius 1 is 1.02 bits per heavy atom. The molecule has 3 aromatic carbocycles. The Labute approximate surface area is 295 Å². The van der Waals surface area contributed by atoms with Crippen LogP contribution >= 0.6 is 0 Å². The third kappa shape index (κ3) is 7.80. The number of nitrogens with one attached hydrogen (secondary N) is 2. The zero-order chi connectivity index (χ0) is 34.6. The van der Waals surface area contributed by atoms with Crippen molar-refractivity contribution in [2.45, 2.75) is 69.3 Å². The van der Waals surface area contributed by atoms with E-state index in [0.29, 0.717) is 42.7 Å². The maximum absolute atomic E-state index is 12.0. The number of hydrogen-bond donors (Lipinski definition) is 5. The van der Waals surface area contributed by atoms with Crippen LogP contribution in [0.4, 0.5) is 5.69 Å². The molecule has 10 nitrogen and oxygen atoms in total. The first kappa shape index (κ1) is 34.8. The van der Waals surface area contributed by atoms with E-state index in [9.17, 15) is 20.1 Å². The second-order valence-corrected chi connectivity index (χ2v) is 14.9. The van der Waals surface area contributed by atoms with Gasteiger partial charge >= 0.3 is 0 Å². The van der Waals surface area contributed by atoms with Gasteiger partial charge in [-0.1, -0.05) is 55.3 Å². The number of nitrogens with zero attached hydrogens (tertiary/aromatic N) is 1. The summed E-state index contributed by atoms with van der Waals surface area (Å²) in [6.07, 6.45) is 7.11. The molecule has 5 aliphatic rings. The Morgan fingerprint density at radius 2 is 1.78 bits per heavy atom. The molecule has 1 aliphatic carbocycles. The number of anilines is 1. The van der Waals surface area contributed by atoms with Crippen LogP contribution in [0, 0.1) is 11.8 Å². The third-order valence-electron chi connectivity index (χ3n) is 11.6. The fourth-order valence-electron chi connectivity index (χ4n) is 8.74. The molecule has 0 spiro atoms. The lowest BCUT2D eigenvalue weighted by atomic mass is 9.80. The summed E-state index contributed by atoms with van der Waals surface area (Å²) in [5.74, 6) is 1.71. The summed E-state index contributed by atoms with van der Waals surface area (Å²) in [5.41, 5.74) is 1.91. The molecule has 3 aromatic rings. The lowest BCUT2D eigenvalue weighted by Gasteiger charge is -2.53. The predicted octanol–water partition coefficient (Wildman–Crippen LogP) is 5.02. The van der Waals surface area contributed by atoms with Gasteiger partial charge in [0.2, 0.25) is 0 Å². The maximum Gasteiger partial charge on any atom is 0.262 e. The van der Waals surface area contributed by atoms with Gasteiger partial charge in [-0.2, -0.15) is 0 Å². The molecule has 50 heavy (non-hydrogen) atoms. The van der Waals surface area contributed by atoms with Crippen molar-refractivity contribution >= 4 is 11.6 Å². The van der Waals surface area contributed by atoms with E-state index >= 15 is 0 Å². The molecule has 1 amide bonds. The molecule has 4 aliphatic heterocycles. The number of carbonyl (C=O) groups is 1. The summed E-state index contributed by atoms with van der Waals surface area (Å²) < 4.78 is 19.5. The molecule has 2 bridgehead atoms. The average Bonchev–Trinajstić information content (AvgIpc) is 3.70. The van der Waals surface area contributed by atoms with Crippen LogP contribution in [0.25, 0.3) is 0 Å². The molecule has 4 heterocycles. The molecule has 3 atom stereocenters. The van der Waals surface area contributed by atoms with Gasteiger partial charge in [0, 0.05) is 49.9 Å². The number of rotatable bonds is 15. The number of ether oxygens (including phenoxy) is 3. The molecule has 1 saturated carbocycles. The highest BCUT2D eigenvalue weighted by molar-refractivity contribution is 5.96. The van der Waals surface area contributed by atoms with E-state index < -0.39 is 11.7 Å². The molecule has 5 N–H and O–H groups in total. The van der Waals surface area contributed by atoms with Gasteiger partial charge in [-0.15, -0.1) is 0 Å². The number of phenols is 1. The molecule has 3 saturated heterocycles. The number of benzene rings is 3. The second kappa shape index (κ2) is 15.3.